The number of aromatic nitrogens is 1. The molecule has 0 saturated heterocycles. The molecule has 112 valence electrons. The number of carbonyl (C=O) groups excluding carboxylic acids is 1. The molecule has 1 aliphatic carbocycles. The molecule has 0 bridgehead atoms. The molecule has 0 unspecified atom stereocenters. The van der Waals surface area contributed by atoms with Crippen molar-refractivity contribution < 1.29 is 9.53 Å². The van der Waals surface area contributed by atoms with Crippen LogP contribution in [0.5, 0.6) is 0 Å². The first-order valence-corrected chi connectivity index (χ1v) is 8.14. The molecule has 0 aliphatic heterocycles. The van der Waals surface area contributed by atoms with E-state index in [9.17, 15) is 4.79 Å². The highest BCUT2D eigenvalue weighted by molar-refractivity contribution is 9.10. The van der Waals surface area contributed by atoms with Crippen molar-refractivity contribution in [3.05, 3.63) is 22.4 Å². The topological polar surface area (TPSA) is 43.3 Å². The summed E-state index contributed by atoms with van der Waals surface area (Å²) in [6, 6.07) is 2.12. The highest BCUT2D eigenvalue weighted by atomic mass is 79.9. The summed E-state index contributed by atoms with van der Waals surface area (Å²) < 4.78 is 8.64. The monoisotopic (exact) mass is 342 g/mol. The van der Waals surface area contributed by atoms with Crippen molar-refractivity contribution in [1.82, 2.24) is 9.88 Å². The van der Waals surface area contributed by atoms with Crippen LogP contribution in [0, 0.1) is 0 Å². The Labute approximate surface area is 129 Å². The van der Waals surface area contributed by atoms with Crippen LogP contribution < -0.4 is 5.32 Å². The Morgan fingerprint density at radius 3 is 2.85 bits per heavy atom. The molecule has 1 heterocycles. The predicted molar refractivity (Wildman–Crippen MR) is 83.1 cm³/mol. The van der Waals surface area contributed by atoms with Gasteiger partial charge in [0.25, 0.3) is 5.91 Å². The van der Waals surface area contributed by atoms with Gasteiger partial charge in [-0.3, -0.25) is 4.79 Å². The van der Waals surface area contributed by atoms with Crippen LogP contribution in [-0.2, 0) is 4.74 Å². The van der Waals surface area contributed by atoms with Gasteiger partial charge in [-0.25, -0.2) is 0 Å². The molecule has 0 spiro atoms. The molecule has 1 amide bonds. The second kappa shape index (κ2) is 7.27. The van der Waals surface area contributed by atoms with E-state index in [1.165, 1.54) is 12.8 Å². The third-order valence-corrected chi connectivity index (χ3v) is 4.08. The molecule has 1 aromatic rings. The molecule has 4 nitrogen and oxygen atoms in total. The quantitative estimate of drug-likeness (QED) is 0.803. The van der Waals surface area contributed by atoms with Gasteiger partial charge in [0.05, 0.1) is 12.7 Å². The minimum absolute atomic E-state index is 0.0422. The van der Waals surface area contributed by atoms with E-state index in [0.29, 0.717) is 24.9 Å². The molecule has 0 atom stereocenters. The molecule has 1 aromatic heterocycles. The number of nitrogens with one attached hydrogen (secondary N) is 1. The lowest BCUT2D eigenvalue weighted by Crippen LogP contribution is -2.30. The summed E-state index contributed by atoms with van der Waals surface area (Å²) in [7, 11) is 0. The third-order valence-electron chi connectivity index (χ3n) is 3.65. The minimum atomic E-state index is -0.0422. The molecule has 1 saturated carbocycles. The SMILES string of the molecule is CC(C)n1cc(Br)cc1C(=O)NCCOC1CCCC1. The summed E-state index contributed by atoms with van der Waals surface area (Å²) >= 11 is 3.42. The molecular weight excluding hydrogens is 320 g/mol. The Bertz CT molecular complexity index is 451. The molecule has 1 N–H and O–H groups in total. The second-order valence-corrected chi connectivity index (χ2v) is 6.49. The van der Waals surface area contributed by atoms with E-state index in [1.807, 2.05) is 16.8 Å². The van der Waals surface area contributed by atoms with Gasteiger partial charge in [-0.15, -0.1) is 0 Å². The molecule has 0 aromatic carbocycles. The molecular formula is C15H23BrN2O2. The number of carbonyl (C=O) groups is 1. The molecule has 5 heteroatoms. The minimum Gasteiger partial charge on any atom is -0.376 e. The van der Waals surface area contributed by atoms with Gasteiger partial charge in [0.1, 0.15) is 5.69 Å². The van der Waals surface area contributed by atoms with Gasteiger partial charge in [-0.05, 0) is 48.7 Å². The summed E-state index contributed by atoms with van der Waals surface area (Å²) in [5.74, 6) is -0.0422. The van der Waals surface area contributed by atoms with Crippen molar-refractivity contribution in [1.29, 1.82) is 0 Å². The van der Waals surface area contributed by atoms with Crippen molar-refractivity contribution in [2.24, 2.45) is 0 Å². The van der Waals surface area contributed by atoms with Crippen LogP contribution in [0.2, 0.25) is 0 Å². The van der Waals surface area contributed by atoms with Crippen molar-refractivity contribution in [2.75, 3.05) is 13.2 Å². The number of ether oxygens (including phenoxy) is 1. The Kier molecular flexibility index (Phi) is 5.66. The van der Waals surface area contributed by atoms with Crippen molar-refractivity contribution in [3.63, 3.8) is 0 Å². The zero-order chi connectivity index (χ0) is 14.5. The van der Waals surface area contributed by atoms with Gasteiger partial charge >= 0.3 is 0 Å². The summed E-state index contributed by atoms with van der Waals surface area (Å²) in [5.41, 5.74) is 0.688. The highest BCUT2D eigenvalue weighted by Gasteiger charge is 2.16. The lowest BCUT2D eigenvalue weighted by atomic mass is 10.3. The summed E-state index contributed by atoms with van der Waals surface area (Å²) in [6.07, 6.45) is 7.21. The first-order valence-electron chi connectivity index (χ1n) is 7.35. The predicted octanol–water partition coefficient (Wildman–Crippen LogP) is 3.52. The Balaban J connectivity index is 1.79. The Morgan fingerprint density at radius 2 is 2.20 bits per heavy atom. The standard InChI is InChI=1S/C15H23BrN2O2/c1-11(2)18-10-12(16)9-14(18)15(19)17-7-8-20-13-5-3-4-6-13/h9-11,13H,3-8H2,1-2H3,(H,17,19). The first-order chi connectivity index (χ1) is 9.58. The number of hydrogen-bond acceptors (Lipinski definition) is 2. The van der Waals surface area contributed by atoms with Gasteiger partial charge in [0.2, 0.25) is 0 Å². The zero-order valence-electron chi connectivity index (χ0n) is 12.2. The van der Waals surface area contributed by atoms with E-state index in [1.54, 1.807) is 0 Å². The van der Waals surface area contributed by atoms with E-state index in [0.717, 1.165) is 17.3 Å². The summed E-state index contributed by atoms with van der Waals surface area (Å²) in [6.45, 7) is 5.29. The van der Waals surface area contributed by atoms with Crippen LogP contribution in [0.1, 0.15) is 56.1 Å². The van der Waals surface area contributed by atoms with Gasteiger partial charge in [0.15, 0.2) is 0 Å². The maximum Gasteiger partial charge on any atom is 0.268 e. The van der Waals surface area contributed by atoms with E-state index in [-0.39, 0.29) is 11.9 Å². The smallest absolute Gasteiger partial charge is 0.268 e. The van der Waals surface area contributed by atoms with Gasteiger partial charge in [-0.2, -0.15) is 0 Å². The largest absolute Gasteiger partial charge is 0.376 e. The van der Waals surface area contributed by atoms with Crippen molar-refractivity contribution in [2.45, 2.75) is 51.7 Å². The second-order valence-electron chi connectivity index (χ2n) is 5.58. The van der Waals surface area contributed by atoms with Crippen LogP contribution >= 0.6 is 15.9 Å². The van der Waals surface area contributed by atoms with E-state index < -0.39 is 0 Å². The van der Waals surface area contributed by atoms with Crippen LogP contribution in [0.4, 0.5) is 0 Å². The fourth-order valence-corrected chi connectivity index (χ4v) is 3.03. The molecule has 1 aliphatic rings. The highest BCUT2D eigenvalue weighted by Crippen LogP contribution is 2.21. The van der Waals surface area contributed by atoms with E-state index in [4.69, 9.17) is 4.74 Å². The lowest BCUT2D eigenvalue weighted by Gasteiger charge is -2.14. The number of hydrogen-bond donors (Lipinski definition) is 1. The molecule has 0 radical (unpaired) electrons. The average molecular weight is 343 g/mol. The maximum atomic E-state index is 12.2. The number of halogens is 1. The van der Waals surface area contributed by atoms with Gasteiger partial charge in [-0.1, -0.05) is 12.8 Å². The molecule has 2 rings (SSSR count). The van der Waals surface area contributed by atoms with Crippen LogP contribution in [0.25, 0.3) is 0 Å². The number of nitrogens with zero attached hydrogens (tertiary/aromatic N) is 1. The van der Waals surface area contributed by atoms with E-state index in [2.05, 4.69) is 35.1 Å². The number of rotatable bonds is 6. The Hall–Kier alpha value is -0.810. The van der Waals surface area contributed by atoms with Crippen molar-refractivity contribution in [3.8, 4) is 0 Å². The third kappa shape index (κ3) is 4.09. The Morgan fingerprint density at radius 1 is 1.50 bits per heavy atom. The van der Waals surface area contributed by atoms with E-state index >= 15 is 0 Å². The number of amides is 1. The maximum absolute atomic E-state index is 12.2. The summed E-state index contributed by atoms with van der Waals surface area (Å²) in [4.78, 5) is 12.2. The normalized spacial score (nSPS) is 16.0. The van der Waals surface area contributed by atoms with Crippen LogP contribution in [-0.4, -0.2) is 29.7 Å². The van der Waals surface area contributed by atoms with Gasteiger partial charge in [0, 0.05) is 23.3 Å². The lowest BCUT2D eigenvalue weighted by molar-refractivity contribution is 0.0580. The molecule has 20 heavy (non-hydrogen) atoms. The van der Waals surface area contributed by atoms with Crippen LogP contribution in [0.15, 0.2) is 16.7 Å². The fraction of sp³-hybridized carbons (Fsp3) is 0.667. The molecule has 1 fully saturated rings. The summed E-state index contributed by atoms with van der Waals surface area (Å²) in [5, 5.41) is 2.93. The van der Waals surface area contributed by atoms with Gasteiger partial charge < -0.3 is 14.6 Å². The fourth-order valence-electron chi connectivity index (χ4n) is 2.59. The van der Waals surface area contributed by atoms with Crippen LogP contribution in [0.3, 0.4) is 0 Å². The van der Waals surface area contributed by atoms with Crippen molar-refractivity contribution >= 4 is 21.8 Å². The first kappa shape index (κ1) is 15.6. The zero-order valence-corrected chi connectivity index (χ0v) is 13.8. The average Bonchev–Trinajstić information content (AvgIpc) is 3.03.